The van der Waals surface area contributed by atoms with Crippen LogP contribution < -0.4 is 9.47 Å². The summed E-state index contributed by atoms with van der Waals surface area (Å²) in [6.45, 7) is 4.47. The largest absolute Gasteiger partial charge is 0.454 e. The summed E-state index contributed by atoms with van der Waals surface area (Å²) >= 11 is 3.61. The van der Waals surface area contributed by atoms with Crippen LogP contribution in [0.15, 0.2) is 15.5 Å². The van der Waals surface area contributed by atoms with Crippen LogP contribution in [0.3, 0.4) is 0 Å². The van der Waals surface area contributed by atoms with E-state index in [-0.39, 0.29) is 6.79 Å². The molecule has 5 heteroatoms. The molecule has 2 aliphatic rings. The van der Waals surface area contributed by atoms with Crippen molar-refractivity contribution in [2.45, 2.75) is 38.1 Å². The number of benzene rings is 1. The van der Waals surface area contributed by atoms with Crippen LogP contribution in [0.5, 0.6) is 11.5 Å². The van der Waals surface area contributed by atoms with Crippen LogP contribution in [0.1, 0.15) is 43.7 Å². The molecule has 1 heterocycles. The van der Waals surface area contributed by atoms with Gasteiger partial charge in [-0.3, -0.25) is 0 Å². The molecule has 4 nitrogen and oxygen atoms in total. The summed E-state index contributed by atoms with van der Waals surface area (Å²) in [6, 6.07) is 1.97. The van der Waals surface area contributed by atoms with Gasteiger partial charge in [0.15, 0.2) is 11.5 Å². The van der Waals surface area contributed by atoms with Crippen LogP contribution in [0.4, 0.5) is 0 Å². The van der Waals surface area contributed by atoms with Crippen LogP contribution in [0.25, 0.3) is 0 Å². The third-order valence-electron chi connectivity index (χ3n) is 3.70. The van der Waals surface area contributed by atoms with Gasteiger partial charge in [0.05, 0.1) is 10.0 Å². The molecule has 0 atom stereocenters. The smallest absolute Gasteiger partial charge is 0.235 e. The van der Waals surface area contributed by atoms with Gasteiger partial charge in [0.25, 0.3) is 0 Å². The molecule has 0 aromatic heterocycles. The molecule has 0 radical (unpaired) electrons. The van der Waals surface area contributed by atoms with Gasteiger partial charge in [-0.1, -0.05) is 13.8 Å². The Labute approximate surface area is 119 Å². The highest BCUT2D eigenvalue weighted by Crippen LogP contribution is 2.56. The van der Waals surface area contributed by atoms with Crippen molar-refractivity contribution in [2.75, 3.05) is 6.79 Å². The number of fused-ring (bicyclic) bond motifs is 1. The molecule has 0 amide bonds. The Morgan fingerprint density at radius 2 is 2.16 bits per heavy atom. The van der Waals surface area contributed by atoms with Gasteiger partial charge in [-0.05, 0) is 51.9 Å². The Balaban J connectivity index is 2.24. The second kappa shape index (κ2) is 4.36. The van der Waals surface area contributed by atoms with Gasteiger partial charge in [0, 0.05) is 0 Å². The van der Waals surface area contributed by atoms with E-state index in [0.29, 0.717) is 5.92 Å². The Morgan fingerprint density at radius 3 is 2.74 bits per heavy atom. The number of nitrogens with zero attached hydrogens (tertiary/aromatic N) is 1. The van der Waals surface area contributed by atoms with Crippen LogP contribution in [-0.2, 0) is 10.3 Å². The molecule has 1 fully saturated rings. The second-order valence-corrected chi connectivity index (χ2v) is 6.07. The highest BCUT2D eigenvalue weighted by molar-refractivity contribution is 9.10. The SMILES string of the molecule is CC(C)c1c(C2(N=C=O)CC2)cc2c(c1Br)OCO2. The van der Waals surface area contributed by atoms with Gasteiger partial charge in [-0.15, -0.1) is 0 Å². The summed E-state index contributed by atoms with van der Waals surface area (Å²) in [7, 11) is 0. The fourth-order valence-electron chi connectivity index (χ4n) is 2.61. The Morgan fingerprint density at radius 1 is 1.42 bits per heavy atom. The fraction of sp³-hybridized carbons (Fsp3) is 0.500. The zero-order valence-corrected chi connectivity index (χ0v) is 12.4. The van der Waals surface area contributed by atoms with Crippen molar-refractivity contribution in [3.63, 3.8) is 0 Å². The number of isocyanates is 1. The molecule has 100 valence electrons. The third-order valence-corrected chi connectivity index (χ3v) is 4.49. The minimum Gasteiger partial charge on any atom is -0.454 e. The van der Waals surface area contributed by atoms with Crippen molar-refractivity contribution in [1.82, 2.24) is 0 Å². The van der Waals surface area contributed by atoms with Crippen LogP contribution in [0, 0.1) is 0 Å². The van der Waals surface area contributed by atoms with Gasteiger partial charge >= 0.3 is 0 Å². The first-order valence-electron chi connectivity index (χ1n) is 6.30. The molecular weight excluding hydrogens is 310 g/mol. The maximum Gasteiger partial charge on any atom is 0.235 e. The minimum absolute atomic E-state index is 0.235. The third kappa shape index (κ3) is 1.88. The maximum atomic E-state index is 10.7. The van der Waals surface area contributed by atoms with E-state index >= 15 is 0 Å². The predicted molar refractivity (Wildman–Crippen MR) is 73.4 cm³/mol. The summed E-state index contributed by atoms with van der Waals surface area (Å²) in [5.41, 5.74) is 1.80. The Kier molecular flexibility index (Phi) is 2.91. The minimum atomic E-state index is -0.398. The number of rotatable bonds is 3. The first-order chi connectivity index (χ1) is 9.09. The predicted octanol–water partition coefficient (Wildman–Crippen LogP) is 3.63. The molecule has 3 rings (SSSR count). The highest BCUT2D eigenvalue weighted by atomic mass is 79.9. The quantitative estimate of drug-likeness (QED) is 0.630. The molecule has 0 N–H and O–H groups in total. The first-order valence-corrected chi connectivity index (χ1v) is 7.10. The van der Waals surface area contributed by atoms with Gasteiger partial charge in [0.2, 0.25) is 12.9 Å². The monoisotopic (exact) mass is 323 g/mol. The standard InChI is InChI=1S/C14H14BrNO3/c1-8(2)11-9(14(3-4-14)16-6-17)5-10-13(12(11)15)19-7-18-10/h5,8H,3-4,7H2,1-2H3. The summed E-state index contributed by atoms with van der Waals surface area (Å²) in [6.07, 6.45) is 3.48. The number of ether oxygens (including phenoxy) is 2. The molecule has 1 saturated carbocycles. The van der Waals surface area contributed by atoms with Gasteiger partial charge in [-0.2, -0.15) is 4.99 Å². The average molecular weight is 324 g/mol. The molecule has 1 aromatic carbocycles. The lowest BCUT2D eigenvalue weighted by Crippen LogP contribution is -2.09. The topological polar surface area (TPSA) is 47.9 Å². The zero-order chi connectivity index (χ0) is 13.6. The van der Waals surface area contributed by atoms with Crippen molar-refractivity contribution >= 4 is 22.0 Å². The molecule has 0 unspecified atom stereocenters. The van der Waals surface area contributed by atoms with E-state index in [1.54, 1.807) is 6.08 Å². The highest BCUT2D eigenvalue weighted by Gasteiger charge is 2.48. The van der Waals surface area contributed by atoms with E-state index in [4.69, 9.17) is 9.47 Å². The van der Waals surface area contributed by atoms with E-state index in [0.717, 1.165) is 39.9 Å². The summed E-state index contributed by atoms with van der Waals surface area (Å²) in [5.74, 6) is 1.77. The van der Waals surface area contributed by atoms with E-state index in [1.165, 1.54) is 0 Å². The van der Waals surface area contributed by atoms with Crippen LogP contribution >= 0.6 is 15.9 Å². The fourth-order valence-corrected chi connectivity index (χ4v) is 3.59. The number of hydrogen-bond acceptors (Lipinski definition) is 4. The molecule has 0 bridgehead atoms. The number of carbonyl (C=O) groups excluding carboxylic acids is 1. The number of hydrogen-bond donors (Lipinski definition) is 0. The molecule has 0 spiro atoms. The van der Waals surface area contributed by atoms with Crippen LogP contribution in [-0.4, -0.2) is 12.9 Å². The Hall–Kier alpha value is -1.32. The van der Waals surface area contributed by atoms with Crippen molar-refractivity contribution in [1.29, 1.82) is 0 Å². The van der Waals surface area contributed by atoms with E-state index in [2.05, 4.69) is 34.8 Å². The lowest BCUT2D eigenvalue weighted by molar-refractivity contribution is 0.173. The van der Waals surface area contributed by atoms with Gasteiger partial charge < -0.3 is 9.47 Å². The molecule has 1 aliphatic carbocycles. The molecule has 19 heavy (non-hydrogen) atoms. The number of aliphatic imine (C=N–C) groups is 1. The average Bonchev–Trinajstić information content (AvgIpc) is 2.98. The van der Waals surface area contributed by atoms with E-state index < -0.39 is 5.54 Å². The molecule has 1 aliphatic heterocycles. The molecule has 1 aromatic rings. The van der Waals surface area contributed by atoms with Crippen molar-refractivity contribution in [3.8, 4) is 11.5 Å². The maximum absolute atomic E-state index is 10.7. The van der Waals surface area contributed by atoms with E-state index in [9.17, 15) is 4.79 Å². The van der Waals surface area contributed by atoms with Crippen molar-refractivity contribution < 1.29 is 14.3 Å². The Bertz CT molecular complexity index is 587. The molecular formula is C14H14BrNO3. The number of halogens is 1. The van der Waals surface area contributed by atoms with Crippen molar-refractivity contribution in [2.24, 2.45) is 4.99 Å². The summed E-state index contributed by atoms with van der Waals surface area (Å²) in [4.78, 5) is 14.7. The van der Waals surface area contributed by atoms with Gasteiger partial charge in [0.1, 0.15) is 0 Å². The van der Waals surface area contributed by atoms with Crippen LogP contribution in [0.2, 0.25) is 0 Å². The van der Waals surface area contributed by atoms with E-state index in [1.807, 2.05) is 6.07 Å². The normalized spacial score (nSPS) is 18.3. The first kappa shape index (κ1) is 12.7. The second-order valence-electron chi connectivity index (χ2n) is 5.27. The van der Waals surface area contributed by atoms with Gasteiger partial charge in [-0.25, -0.2) is 4.79 Å². The summed E-state index contributed by atoms with van der Waals surface area (Å²) < 4.78 is 11.9. The lowest BCUT2D eigenvalue weighted by atomic mass is 9.91. The summed E-state index contributed by atoms with van der Waals surface area (Å²) in [5, 5.41) is 0. The van der Waals surface area contributed by atoms with Crippen molar-refractivity contribution in [3.05, 3.63) is 21.7 Å². The lowest BCUT2D eigenvalue weighted by Gasteiger charge is -2.20. The zero-order valence-electron chi connectivity index (χ0n) is 10.8. The molecule has 0 saturated heterocycles.